The molecule has 3 N–H and O–H groups in total. The van der Waals surface area contributed by atoms with E-state index in [9.17, 15) is 5.11 Å². The van der Waals surface area contributed by atoms with Gasteiger partial charge in [-0.15, -0.1) is 0 Å². The average molecular weight is 204 g/mol. The fourth-order valence-corrected chi connectivity index (χ4v) is 1.79. The van der Waals surface area contributed by atoms with E-state index in [0.717, 1.165) is 23.9 Å². The molecule has 1 unspecified atom stereocenters. The van der Waals surface area contributed by atoms with Crippen LogP contribution in [0.1, 0.15) is 24.5 Å². The van der Waals surface area contributed by atoms with Gasteiger partial charge in [0.1, 0.15) is 5.52 Å². The van der Waals surface area contributed by atoms with Crippen LogP contribution in [0.25, 0.3) is 11.1 Å². The van der Waals surface area contributed by atoms with Crippen LogP contribution < -0.4 is 5.73 Å². The molecule has 1 heterocycles. The van der Waals surface area contributed by atoms with Gasteiger partial charge in [0.2, 0.25) is 0 Å². The highest BCUT2D eigenvalue weighted by atomic mass is 16.3. The Labute approximate surface area is 86.7 Å². The molecule has 1 atom stereocenters. The first-order valence-corrected chi connectivity index (χ1v) is 4.99. The van der Waals surface area contributed by atoms with Gasteiger partial charge in [-0.05, 0) is 30.5 Å². The first-order chi connectivity index (χ1) is 7.19. The first kappa shape index (κ1) is 8.88. The summed E-state index contributed by atoms with van der Waals surface area (Å²) in [6, 6.07) is 5.49. The minimum absolute atomic E-state index is 0.423. The van der Waals surface area contributed by atoms with Crippen LogP contribution in [0.15, 0.2) is 29.0 Å². The van der Waals surface area contributed by atoms with E-state index < -0.39 is 11.6 Å². The zero-order valence-corrected chi connectivity index (χ0v) is 8.18. The van der Waals surface area contributed by atoms with Crippen LogP contribution in [0.3, 0.4) is 0 Å². The third-order valence-corrected chi connectivity index (χ3v) is 3.04. The van der Waals surface area contributed by atoms with E-state index in [-0.39, 0.29) is 0 Å². The molecule has 78 valence electrons. The van der Waals surface area contributed by atoms with Crippen LogP contribution in [-0.2, 0) is 0 Å². The van der Waals surface area contributed by atoms with Crippen molar-refractivity contribution in [3.8, 4) is 0 Å². The van der Waals surface area contributed by atoms with Crippen molar-refractivity contribution in [3.63, 3.8) is 0 Å². The molecule has 4 nitrogen and oxygen atoms in total. The lowest BCUT2D eigenvalue weighted by atomic mass is 10.0. The number of rotatable bonds is 2. The number of oxazole rings is 1. The third-order valence-electron chi connectivity index (χ3n) is 3.04. The number of nitrogens with two attached hydrogens (primary N) is 1. The first-order valence-electron chi connectivity index (χ1n) is 4.99. The standard InChI is InChI=1S/C11H12N2O2/c12-11(3-4-11)10(14)7-1-2-8-9(5-7)15-6-13-8/h1-2,5-6,10,14H,3-4,12H2. The average Bonchev–Trinajstić information content (AvgIpc) is 2.82. The lowest BCUT2D eigenvalue weighted by Crippen LogP contribution is -2.30. The van der Waals surface area contributed by atoms with Gasteiger partial charge in [-0.2, -0.15) is 0 Å². The summed E-state index contributed by atoms with van der Waals surface area (Å²) in [4.78, 5) is 4.02. The fourth-order valence-electron chi connectivity index (χ4n) is 1.79. The van der Waals surface area contributed by atoms with Crippen LogP contribution in [0, 0.1) is 0 Å². The van der Waals surface area contributed by atoms with Gasteiger partial charge in [0.25, 0.3) is 0 Å². The minimum Gasteiger partial charge on any atom is -0.443 e. The molecule has 3 rings (SSSR count). The predicted octanol–water partition coefficient (Wildman–Crippen LogP) is 1.35. The molecule has 1 fully saturated rings. The molecule has 1 aliphatic carbocycles. The maximum absolute atomic E-state index is 10.0. The van der Waals surface area contributed by atoms with Crippen molar-refractivity contribution in [2.75, 3.05) is 0 Å². The summed E-state index contributed by atoms with van der Waals surface area (Å²) in [6.07, 6.45) is 2.55. The van der Waals surface area contributed by atoms with E-state index in [0.29, 0.717) is 5.58 Å². The summed E-state index contributed by atoms with van der Waals surface area (Å²) in [5, 5.41) is 10.0. The summed E-state index contributed by atoms with van der Waals surface area (Å²) in [5.74, 6) is 0. The summed E-state index contributed by atoms with van der Waals surface area (Å²) in [6.45, 7) is 0. The maximum atomic E-state index is 10.0. The molecule has 0 radical (unpaired) electrons. The van der Waals surface area contributed by atoms with Crippen LogP contribution in [-0.4, -0.2) is 15.6 Å². The molecule has 0 bridgehead atoms. The highest BCUT2D eigenvalue weighted by Gasteiger charge is 2.45. The van der Waals surface area contributed by atoms with Crippen molar-refractivity contribution in [3.05, 3.63) is 30.2 Å². The Morgan fingerprint density at radius 2 is 2.27 bits per heavy atom. The Morgan fingerprint density at radius 3 is 3.00 bits per heavy atom. The second-order valence-electron chi connectivity index (χ2n) is 4.22. The number of aliphatic hydroxyl groups is 1. The van der Waals surface area contributed by atoms with Crippen molar-refractivity contribution in [1.29, 1.82) is 0 Å². The van der Waals surface area contributed by atoms with Gasteiger partial charge in [-0.25, -0.2) is 4.98 Å². The summed E-state index contributed by atoms with van der Waals surface area (Å²) in [5.41, 5.74) is 7.82. The zero-order valence-electron chi connectivity index (χ0n) is 8.18. The van der Waals surface area contributed by atoms with Crippen LogP contribution in [0.2, 0.25) is 0 Å². The molecule has 0 saturated heterocycles. The Kier molecular flexibility index (Phi) is 1.66. The van der Waals surface area contributed by atoms with E-state index in [1.807, 2.05) is 12.1 Å². The summed E-state index contributed by atoms with van der Waals surface area (Å²) < 4.78 is 5.18. The molecule has 0 aliphatic heterocycles. The van der Waals surface area contributed by atoms with Crippen LogP contribution in [0.5, 0.6) is 0 Å². The van der Waals surface area contributed by atoms with E-state index in [4.69, 9.17) is 10.2 Å². The number of benzene rings is 1. The van der Waals surface area contributed by atoms with Crippen LogP contribution in [0.4, 0.5) is 0 Å². The number of aliphatic hydroxyl groups excluding tert-OH is 1. The number of fused-ring (bicyclic) bond motifs is 1. The predicted molar refractivity (Wildman–Crippen MR) is 55.1 cm³/mol. The normalized spacial score (nSPS) is 20.4. The molecule has 1 saturated carbocycles. The molecule has 2 aromatic rings. The minimum atomic E-state index is -0.605. The Hall–Kier alpha value is -1.39. The fraction of sp³-hybridized carbons (Fsp3) is 0.364. The number of hydrogen-bond donors (Lipinski definition) is 2. The third kappa shape index (κ3) is 1.33. The highest BCUT2D eigenvalue weighted by Crippen LogP contribution is 2.43. The molecular formula is C11H12N2O2. The van der Waals surface area contributed by atoms with Gasteiger partial charge >= 0.3 is 0 Å². The SMILES string of the molecule is NC1(C(O)c2ccc3ncoc3c2)CC1. The van der Waals surface area contributed by atoms with Gasteiger partial charge in [0, 0.05) is 5.54 Å². The molecule has 0 spiro atoms. The van der Waals surface area contributed by atoms with E-state index >= 15 is 0 Å². The van der Waals surface area contributed by atoms with E-state index in [2.05, 4.69) is 4.98 Å². The molecule has 0 amide bonds. The van der Waals surface area contributed by atoms with Crippen molar-refractivity contribution in [2.45, 2.75) is 24.5 Å². The second-order valence-corrected chi connectivity index (χ2v) is 4.22. The van der Waals surface area contributed by atoms with Gasteiger partial charge in [-0.3, -0.25) is 0 Å². The molecular weight excluding hydrogens is 192 g/mol. The molecule has 1 aromatic heterocycles. The second kappa shape index (κ2) is 2.81. The molecule has 1 aliphatic rings. The quantitative estimate of drug-likeness (QED) is 0.774. The van der Waals surface area contributed by atoms with E-state index in [1.54, 1.807) is 6.07 Å². The van der Waals surface area contributed by atoms with Gasteiger partial charge in [0.05, 0.1) is 6.10 Å². The van der Waals surface area contributed by atoms with Crippen molar-refractivity contribution in [1.82, 2.24) is 4.98 Å². The lowest BCUT2D eigenvalue weighted by Gasteiger charge is -2.17. The van der Waals surface area contributed by atoms with Crippen molar-refractivity contribution in [2.24, 2.45) is 5.73 Å². The largest absolute Gasteiger partial charge is 0.443 e. The van der Waals surface area contributed by atoms with E-state index in [1.165, 1.54) is 6.39 Å². The van der Waals surface area contributed by atoms with Gasteiger partial charge in [0.15, 0.2) is 12.0 Å². The molecule has 15 heavy (non-hydrogen) atoms. The summed E-state index contributed by atoms with van der Waals surface area (Å²) >= 11 is 0. The number of aromatic nitrogens is 1. The van der Waals surface area contributed by atoms with Crippen molar-refractivity contribution < 1.29 is 9.52 Å². The molecule has 4 heteroatoms. The molecule has 1 aromatic carbocycles. The monoisotopic (exact) mass is 204 g/mol. The Balaban J connectivity index is 2.03. The number of hydrogen-bond acceptors (Lipinski definition) is 4. The summed E-state index contributed by atoms with van der Waals surface area (Å²) in [7, 11) is 0. The van der Waals surface area contributed by atoms with Gasteiger partial charge in [-0.1, -0.05) is 6.07 Å². The lowest BCUT2D eigenvalue weighted by molar-refractivity contribution is 0.136. The zero-order chi connectivity index (χ0) is 10.5. The maximum Gasteiger partial charge on any atom is 0.181 e. The van der Waals surface area contributed by atoms with Crippen molar-refractivity contribution >= 4 is 11.1 Å². The smallest absolute Gasteiger partial charge is 0.181 e. The topological polar surface area (TPSA) is 72.3 Å². The van der Waals surface area contributed by atoms with Crippen LogP contribution >= 0.6 is 0 Å². The van der Waals surface area contributed by atoms with Gasteiger partial charge < -0.3 is 15.3 Å². The Bertz CT molecular complexity index is 502. The number of nitrogens with zero attached hydrogens (tertiary/aromatic N) is 1. The highest BCUT2D eigenvalue weighted by molar-refractivity contribution is 5.72. The Morgan fingerprint density at radius 1 is 1.47 bits per heavy atom.